The Morgan fingerprint density at radius 1 is 0.600 bits per heavy atom. The number of carbonyl (C=O) groups is 1. The van der Waals surface area contributed by atoms with Gasteiger partial charge in [-0.2, -0.15) is 0 Å². The average molecular weight is 560 g/mol. The van der Waals surface area contributed by atoms with Gasteiger partial charge in [-0.1, -0.05) is 140 Å². The lowest BCUT2D eigenvalue weighted by atomic mass is 10.1. The van der Waals surface area contributed by atoms with Gasteiger partial charge in [-0.3, -0.25) is 4.79 Å². The number of unbranched alkanes of at least 4 members (excludes halogenated alkanes) is 16. The van der Waals surface area contributed by atoms with Crippen LogP contribution in [0.4, 0.5) is 0 Å². The van der Waals surface area contributed by atoms with E-state index in [1.807, 2.05) is 6.08 Å². The lowest BCUT2D eigenvalue weighted by molar-refractivity contribution is -0.123. The smallest absolute Gasteiger partial charge is 0.220 e. The van der Waals surface area contributed by atoms with Crippen molar-refractivity contribution in [3.05, 3.63) is 48.6 Å². The number of nitrogens with one attached hydrogen (secondary N) is 1. The van der Waals surface area contributed by atoms with Crippen molar-refractivity contribution in [2.75, 3.05) is 6.61 Å². The molecule has 0 heterocycles. The van der Waals surface area contributed by atoms with E-state index in [0.29, 0.717) is 6.42 Å². The summed E-state index contributed by atoms with van der Waals surface area (Å²) in [4.78, 5) is 12.3. The third-order valence-corrected chi connectivity index (χ3v) is 7.28. The molecule has 4 heteroatoms. The predicted molar refractivity (Wildman–Crippen MR) is 175 cm³/mol. The SMILES string of the molecule is CCCC/C=C\C/C=C\CCCCCCCC(=O)NC(CO)C(O)/C=C/CC/C=C/CCCCCCCCCC. The standard InChI is InChI=1S/C36H65NO3/c1-3-5-7-9-11-13-15-17-19-21-23-25-27-29-31-35(39)34(33-38)37-36(40)32-30-28-26-24-22-20-18-16-14-12-10-8-6-4-2/h10,12,16,18,21,23,29,31,34-35,38-39H,3-9,11,13-15,17,19-20,22,24-28,30,32-33H2,1-2H3,(H,37,40)/b12-10-,18-16-,23-21+,31-29+. The average Bonchev–Trinajstić information content (AvgIpc) is 2.96. The molecule has 232 valence electrons. The normalized spacial score (nSPS) is 13.8. The van der Waals surface area contributed by atoms with Gasteiger partial charge in [-0.15, -0.1) is 0 Å². The molecule has 0 rings (SSSR count). The van der Waals surface area contributed by atoms with Gasteiger partial charge < -0.3 is 15.5 Å². The fourth-order valence-electron chi connectivity index (χ4n) is 4.62. The highest BCUT2D eigenvalue weighted by molar-refractivity contribution is 5.76. The molecule has 0 saturated heterocycles. The summed E-state index contributed by atoms with van der Waals surface area (Å²) in [6.45, 7) is 4.22. The Morgan fingerprint density at radius 2 is 1.07 bits per heavy atom. The van der Waals surface area contributed by atoms with Gasteiger partial charge in [-0.25, -0.2) is 0 Å². The van der Waals surface area contributed by atoms with Crippen LogP contribution in [0.5, 0.6) is 0 Å². The number of hydrogen-bond acceptors (Lipinski definition) is 3. The summed E-state index contributed by atoms with van der Waals surface area (Å²) in [7, 11) is 0. The predicted octanol–water partition coefficient (Wildman–Crippen LogP) is 9.67. The minimum absolute atomic E-state index is 0.0923. The van der Waals surface area contributed by atoms with Gasteiger partial charge in [0.25, 0.3) is 0 Å². The number of hydrogen-bond donors (Lipinski definition) is 3. The van der Waals surface area contributed by atoms with Gasteiger partial charge in [0, 0.05) is 6.42 Å². The van der Waals surface area contributed by atoms with Crippen molar-refractivity contribution >= 4 is 5.91 Å². The van der Waals surface area contributed by atoms with Crippen LogP contribution in [-0.4, -0.2) is 34.9 Å². The van der Waals surface area contributed by atoms with E-state index >= 15 is 0 Å². The molecule has 0 aromatic carbocycles. The van der Waals surface area contributed by atoms with E-state index in [9.17, 15) is 15.0 Å². The molecule has 0 fully saturated rings. The number of aliphatic hydroxyl groups is 2. The van der Waals surface area contributed by atoms with Crippen LogP contribution in [0.1, 0.15) is 155 Å². The molecule has 2 atom stereocenters. The first-order valence-corrected chi connectivity index (χ1v) is 16.9. The first-order valence-electron chi connectivity index (χ1n) is 16.9. The van der Waals surface area contributed by atoms with Crippen molar-refractivity contribution in [2.45, 2.75) is 167 Å². The Morgan fingerprint density at radius 3 is 1.68 bits per heavy atom. The van der Waals surface area contributed by atoms with Crippen molar-refractivity contribution < 1.29 is 15.0 Å². The van der Waals surface area contributed by atoms with Gasteiger partial charge in [0.2, 0.25) is 5.91 Å². The molecule has 0 aliphatic heterocycles. The summed E-state index contributed by atoms with van der Waals surface area (Å²) in [6.07, 6.45) is 41.8. The topological polar surface area (TPSA) is 69.6 Å². The van der Waals surface area contributed by atoms with Crippen molar-refractivity contribution in [3.8, 4) is 0 Å². The minimum Gasteiger partial charge on any atom is -0.394 e. The number of aliphatic hydroxyl groups excluding tert-OH is 2. The molecule has 2 unspecified atom stereocenters. The van der Waals surface area contributed by atoms with E-state index in [-0.39, 0.29) is 12.5 Å². The monoisotopic (exact) mass is 559 g/mol. The van der Waals surface area contributed by atoms with E-state index in [0.717, 1.165) is 51.4 Å². The van der Waals surface area contributed by atoms with Crippen LogP contribution >= 0.6 is 0 Å². The first kappa shape index (κ1) is 38.4. The van der Waals surface area contributed by atoms with Gasteiger partial charge in [0.1, 0.15) is 0 Å². The molecule has 0 aromatic rings. The molecular formula is C36H65NO3. The van der Waals surface area contributed by atoms with E-state index in [1.54, 1.807) is 6.08 Å². The van der Waals surface area contributed by atoms with Crippen LogP contribution in [-0.2, 0) is 4.79 Å². The highest BCUT2D eigenvalue weighted by atomic mass is 16.3. The van der Waals surface area contributed by atoms with Crippen molar-refractivity contribution in [3.63, 3.8) is 0 Å². The van der Waals surface area contributed by atoms with Crippen LogP contribution in [0, 0.1) is 0 Å². The van der Waals surface area contributed by atoms with Gasteiger partial charge >= 0.3 is 0 Å². The molecular weight excluding hydrogens is 494 g/mol. The maximum atomic E-state index is 12.3. The first-order chi connectivity index (χ1) is 19.7. The zero-order valence-corrected chi connectivity index (χ0v) is 26.3. The van der Waals surface area contributed by atoms with Crippen molar-refractivity contribution in [1.29, 1.82) is 0 Å². The lowest BCUT2D eigenvalue weighted by Gasteiger charge is -2.19. The fraction of sp³-hybridized carbons (Fsp3) is 0.750. The summed E-state index contributed by atoms with van der Waals surface area (Å²) < 4.78 is 0. The number of amides is 1. The van der Waals surface area contributed by atoms with Gasteiger partial charge in [0.05, 0.1) is 18.8 Å². The molecule has 0 aliphatic carbocycles. The third-order valence-electron chi connectivity index (χ3n) is 7.28. The van der Waals surface area contributed by atoms with Crippen molar-refractivity contribution in [2.24, 2.45) is 0 Å². The van der Waals surface area contributed by atoms with Crippen LogP contribution in [0.25, 0.3) is 0 Å². The second-order valence-electron chi connectivity index (χ2n) is 11.2. The Labute approximate surface area is 248 Å². The molecule has 0 spiro atoms. The summed E-state index contributed by atoms with van der Waals surface area (Å²) in [5.41, 5.74) is 0. The van der Waals surface area contributed by atoms with Crippen LogP contribution in [0.2, 0.25) is 0 Å². The lowest BCUT2D eigenvalue weighted by Crippen LogP contribution is -2.45. The number of carbonyl (C=O) groups excluding carboxylic acids is 1. The molecule has 0 saturated carbocycles. The zero-order chi connectivity index (χ0) is 29.4. The second-order valence-corrected chi connectivity index (χ2v) is 11.2. The fourth-order valence-corrected chi connectivity index (χ4v) is 4.62. The quantitative estimate of drug-likeness (QED) is 0.0631. The Balaban J connectivity index is 3.75. The maximum absolute atomic E-state index is 12.3. The molecule has 0 aromatic heterocycles. The largest absolute Gasteiger partial charge is 0.394 e. The highest BCUT2D eigenvalue weighted by Gasteiger charge is 2.17. The van der Waals surface area contributed by atoms with Gasteiger partial charge in [0.15, 0.2) is 0 Å². The molecule has 3 N–H and O–H groups in total. The second kappa shape index (κ2) is 31.9. The Bertz CT molecular complexity index is 652. The molecule has 1 amide bonds. The zero-order valence-electron chi connectivity index (χ0n) is 26.3. The van der Waals surface area contributed by atoms with E-state index in [2.05, 4.69) is 55.6 Å². The summed E-state index contributed by atoms with van der Waals surface area (Å²) >= 11 is 0. The van der Waals surface area contributed by atoms with E-state index < -0.39 is 12.1 Å². The Hall–Kier alpha value is -1.65. The number of rotatable bonds is 29. The molecule has 0 radical (unpaired) electrons. The minimum atomic E-state index is -0.866. The molecule has 0 bridgehead atoms. The third kappa shape index (κ3) is 27.9. The molecule has 4 nitrogen and oxygen atoms in total. The summed E-state index contributed by atoms with van der Waals surface area (Å²) in [5, 5.41) is 22.8. The van der Waals surface area contributed by atoms with Crippen LogP contribution in [0.15, 0.2) is 48.6 Å². The summed E-state index contributed by atoms with van der Waals surface area (Å²) in [5.74, 6) is -0.0923. The van der Waals surface area contributed by atoms with Crippen LogP contribution < -0.4 is 5.32 Å². The van der Waals surface area contributed by atoms with Gasteiger partial charge in [-0.05, 0) is 57.8 Å². The van der Waals surface area contributed by atoms with E-state index in [4.69, 9.17) is 0 Å². The van der Waals surface area contributed by atoms with Crippen molar-refractivity contribution in [1.82, 2.24) is 5.32 Å². The van der Waals surface area contributed by atoms with Crippen LogP contribution in [0.3, 0.4) is 0 Å². The Kier molecular flexibility index (Phi) is 30.6. The number of allylic oxidation sites excluding steroid dienone is 7. The van der Waals surface area contributed by atoms with E-state index in [1.165, 1.54) is 83.5 Å². The molecule has 0 aliphatic rings. The molecule has 40 heavy (non-hydrogen) atoms. The highest BCUT2D eigenvalue weighted by Crippen LogP contribution is 2.11. The summed E-state index contributed by atoms with van der Waals surface area (Å²) in [6, 6.07) is -0.644. The maximum Gasteiger partial charge on any atom is 0.220 e.